The number of morpholine rings is 1. The molecule has 0 saturated carbocycles. The number of nitrogens with zero attached hydrogens (tertiary/aromatic N) is 2. The Morgan fingerprint density at radius 3 is 2.95 bits per heavy atom. The fourth-order valence-corrected chi connectivity index (χ4v) is 3.27. The smallest absolute Gasteiger partial charge is 0.269 e. The van der Waals surface area contributed by atoms with Gasteiger partial charge in [-0.1, -0.05) is 0 Å². The summed E-state index contributed by atoms with van der Waals surface area (Å²) >= 11 is 0. The van der Waals surface area contributed by atoms with Crippen molar-refractivity contribution >= 4 is 11.4 Å². The van der Waals surface area contributed by atoms with E-state index in [0.29, 0.717) is 6.04 Å². The maximum absolute atomic E-state index is 10.8. The van der Waals surface area contributed by atoms with Crippen LogP contribution in [0.4, 0.5) is 11.4 Å². The molecule has 1 atom stereocenters. The van der Waals surface area contributed by atoms with Gasteiger partial charge >= 0.3 is 0 Å². The third-order valence-corrected chi connectivity index (χ3v) is 4.55. The maximum atomic E-state index is 10.8. The van der Waals surface area contributed by atoms with Crippen molar-refractivity contribution < 1.29 is 9.66 Å². The molecule has 1 unspecified atom stereocenters. The van der Waals surface area contributed by atoms with E-state index in [-0.39, 0.29) is 10.6 Å². The van der Waals surface area contributed by atoms with Gasteiger partial charge in [0.05, 0.1) is 18.1 Å². The van der Waals surface area contributed by atoms with E-state index in [1.807, 2.05) is 6.07 Å². The Morgan fingerprint density at radius 1 is 1.36 bits per heavy atom. The van der Waals surface area contributed by atoms with Crippen LogP contribution in [0.1, 0.15) is 24.8 Å². The lowest BCUT2D eigenvalue weighted by Gasteiger charge is -2.29. The molecule has 2 aliphatic rings. The summed E-state index contributed by atoms with van der Waals surface area (Å²) in [6.07, 6.45) is 4.30. The number of fused-ring (bicyclic) bond motifs is 1. The van der Waals surface area contributed by atoms with Crippen molar-refractivity contribution in [3.63, 3.8) is 0 Å². The molecule has 120 valence electrons. The Morgan fingerprint density at radius 2 is 2.18 bits per heavy atom. The van der Waals surface area contributed by atoms with Crippen LogP contribution in [0.15, 0.2) is 18.2 Å². The van der Waals surface area contributed by atoms with Crippen molar-refractivity contribution in [2.45, 2.75) is 31.7 Å². The van der Waals surface area contributed by atoms with Gasteiger partial charge < -0.3 is 10.1 Å². The van der Waals surface area contributed by atoms with Gasteiger partial charge in [-0.25, -0.2) is 0 Å². The molecule has 0 spiro atoms. The molecule has 6 nitrogen and oxygen atoms in total. The van der Waals surface area contributed by atoms with E-state index >= 15 is 0 Å². The number of anilines is 1. The zero-order valence-electron chi connectivity index (χ0n) is 12.8. The van der Waals surface area contributed by atoms with Gasteiger partial charge in [-0.15, -0.1) is 0 Å². The highest BCUT2D eigenvalue weighted by atomic mass is 16.6. The van der Waals surface area contributed by atoms with Crippen molar-refractivity contribution in [2.75, 3.05) is 38.2 Å². The SMILES string of the molecule is O=[N+]([O-])c1ccc2c(c1)CCC(CCCN1CCOCC1)N2. The summed E-state index contributed by atoms with van der Waals surface area (Å²) in [6.45, 7) is 4.94. The molecular weight excluding hydrogens is 282 g/mol. The molecule has 3 rings (SSSR count). The van der Waals surface area contributed by atoms with Gasteiger partial charge in [0.1, 0.15) is 0 Å². The van der Waals surface area contributed by atoms with Crippen molar-refractivity contribution in [3.05, 3.63) is 33.9 Å². The number of nitrogens with one attached hydrogen (secondary N) is 1. The second-order valence-corrected chi connectivity index (χ2v) is 6.07. The Labute approximate surface area is 130 Å². The quantitative estimate of drug-likeness (QED) is 0.668. The summed E-state index contributed by atoms with van der Waals surface area (Å²) < 4.78 is 5.36. The minimum atomic E-state index is -0.325. The van der Waals surface area contributed by atoms with Gasteiger partial charge in [0.2, 0.25) is 0 Å². The average molecular weight is 305 g/mol. The van der Waals surface area contributed by atoms with Crippen LogP contribution in [-0.4, -0.2) is 48.7 Å². The molecule has 1 aromatic rings. The first-order valence-corrected chi connectivity index (χ1v) is 8.06. The zero-order chi connectivity index (χ0) is 15.4. The predicted molar refractivity (Wildman–Crippen MR) is 85.3 cm³/mol. The topological polar surface area (TPSA) is 67.6 Å². The lowest BCUT2D eigenvalue weighted by molar-refractivity contribution is -0.384. The zero-order valence-corrected chi connectivity index (χ0v) is 12.8. The number of aryl methyl sites for hydroxylation is 1. The first-order chi connectivity index (χ1) is 10.7. The molecular formula is C16H23N3O3. The summed E-state index contributed by atoms with van der Waals surface area (Å²) in [6, 6.07) is 5.62. The van der Waals surface area contributed by atoms with Crippen molar-refractivity contribution in [1.29, 1.82) is 0 Å². The van der Waals surface area contributed by atoms with E-state index in [9.17, 15) is 10.1 Å². The molecule has 0 aliphatic carbocycles. The van der Waals surface area contributed by atoms with E-state index in [2.05, 4.69) is 10.2 Å². The fraction of sp³-hybridized carbons (Fsp3) is 0.625. The summed E-state index contributed by atoms with van der Waals surface area (Å²) in [5, 5.41) is 14.3. The lowest BCUT2D eigenvalue weighted by Crippen LogP contribution is -2.37. The Hall–Kier alpha value is -1.66. The van der Waals surface area contributed by atoms with Crippen LogP contribution >= 0.6 is 0 Å². The van der Waals surface area contributed by atoms with Crippen LogP contribution in [0.5, 0.6) is 0 Å². The van der Waals surface area contributed by atoms with Crippen molar-refractivity contribution in [3.8, 4) is 0 Å². The summed E-state index contributed by atoms with van der Waals surface area (Å²) in [4.78, 5) is 13.0. The number of nitro groups is 1. The van der Waals surface area contributed by atoms with Gasteiger partial charge in [-0.2, -0.15) is 0 Å². The second kappa shape index (κ2) is 7.07. The number of non-ortho nitro benzene ring substituents is 1. The lowest BCUT2D eigenvalue weighted by atomic mass is 9.95. The van der Waals surface area contributed by atoms with Crippen molar-refractivity contribution in [1.82, 2.24) is 4.90 Å². The third-order valence-electron chi connectivity index (χ3n) is 4.55. The Bertz CT molecular complexity index is 529. The van der Waals surface area contributed by atoms with Crippen LogP contribution in [-0.2, 0) is 11.2 Å². The predicted octanol–water partition coefficient (Wildman–Crippen LogP) is 2.43. The molecule has 6 heteroatoms. The van der Waals surface area contributed by atoms with Gasteiger partial charge in [0.15, 0.2) is 0 Å². The van der Waals surface area contributed by atoms with Gasteiger partial charge in [0.25, 0.3) is 5.69 Å². The number of ether oxygens (including phenoxy) is 1. The molecule has 0 aromatic heterocycles. The second-order valence-electron chi connectivity index (χ2n) is 6.07. The fourth-order valence-electron chi connectivity index (χ4n) is 3.27. The largest absolute Gasteiger partial charge is 0.382 e. The van der Waals surface area contributed by atoms with Gasteiger partial charge in [0, 0.05) is 37.0 Å². The van der Waals surface area contributed by atoms with E-state index in [4.69, 9.17) is 4.74 Å². The van der Waals surface area contributed by atoms with E-state index < -0.39 is 0 Å². The summed E-state index contributed by atoms with van der Waals surface area (Å²) in [5.41, 5.74) is 2.32. The minimum Gasteiger partial charge on any atom is -0.382 e. The number of rotatable bonds is 5. The summed E-state index contributed by atoms with van der Waals surface area (Å²) in [5.74, 6) is 0. The highest BCUT2D eigenvalue weighted by Gasteiger charge is 2.20. The molecule has 2 heterocycles. The van der Waals surface area contributed by atoms with Crippen LogP contribution in [0.25, 0.3) is 0 Å². The van der Waals surface area contributed by atoms with Gasteiger partial charge in [-0.05, 0) is 43.9 Å². The summed E-state index contributed by atoms with van der Waals surface area (Å²) in [7, 11) is 0. The molecule has 0 radical (unpaired) electrons. The molecule has 0 amide bonds. The molecule has 1 fully saturated rings. The number of hydrogen-bond donors (Lipinski definition) is 1. The molecule has 2 aliphatic heterocycles. The number of benzene rings is 1. The Balaban J connectivity index is 1.48. The van der Waals surface area contributed by atoms with E-state index in [1.165, 1.54) is 6.42 Å². The minimum absolute atomic E-state index is 0.186. The molecule has 22 heavy (non-hydrogen) atoms. The first-order valence-electron chi connectivity index (χ1n) is 8.06. The van der Waals surface area contributed by atoms with Crippen LogP contribution in [0.3, 0.4) is 0 Å². The van der Waals surface area contributed by atoms with E-state index in [1.54, 1.807) is 12.1 Å². The normalized spacial score (nSPS) is 21.9. The van der Waals surface area contributed by atoms with Crippen LogP contribution in [0.2, 0.25) is 0 Å². The van der Waals surface area contributed by atoms with E-state index in [0.717, 1.165) is 63.4 Å². The molecule has 1 N–H and O–H groups in total. The first kappa shape index (κ1) is 15.2. The van der Waals surface area contributed by atoms with Gasteiger partial charge in [-0.3, -0.25) is 15.0 Å². The standard InChI is InChI=1S/C16H23N3O3/c20-19(21)15-5-6-16-13(12-15)3-4-14(17-16)2-1-7-18-8-10-22-11-9-18/h5-6,12,14,17H,1-4,7-11H2. The van der Waals surface area contributed by atoms with Crippen LogP contribution in [0, 0.1) is 10.1 Å². The maximum Gasteiger partial charge on any atom is 0.269 e. The number of nitro benzene ring substituents is 1. The Kier molecular flexibility index (Phi) is 4.90. The highest BCUT2D eigenvalue weighted by molar-refractivity contribution is 5.58. The molecule has 1 aromatic carbocycles. The highest BCUT2D eigenvalue weighted by Crippen LogP contribution is 2.29. The number of hydrogen-bond acceptors (Lipinski definition) is 5. The third kappa shape index (κ3) is 3.75. The monoisotopic (exact) mass is 305 g/mol. The van der Waals surface area contributed by atoms with Crippen molar-refractivity contribution in [2.24, 2.45) is 0 Å². The molecule has 1 saturated heterocycles. The average Bonchev–Trinajstić information content (AvgIpc) is 2.55. The van der Waals surface area contributed by atoms with Crippen LogP contribution < -0.4 is 5.32 Å². The molecule has 0 bridgehead atoms.